The van der Waals surface area contributed by atoms with E-state index in [1.807, 2.05) is 0 Å². The van der Waals surface area contributed by atoms with E-state index in [4.69, 9.17) is 4.74 Å². The van der Waals surface area contributed by atoms with Crippen LogP contribution in [0.4, 0.5) is 0 Å². The number of rotatable bonds is 33. The Balaban J connectivity index is 3.95. The van der Waals surface area contributed by atoms with Crippen LogP contribution in [0.25, 0.3) is 0 Å². The first-order valence-corrected chi connectivity index (χ1v) is 18.8. The van der Waals surface area contributed by atoms with Gasteiger partial charge in [0.2, 0.25) is 5.91 Å². The largest absolute Gasteiger partial charge is 0.374 e. The molecule has 0 aromatic heterocycles. The second-order valence-corrected chi connectivity index (χ2v) is 12.9. The second-order valence-electron chi connectivity index (χ2n) is 12.9. The van der Waals surface area contributed by atoms with Crippen molar-refractivity contribution in [3.05, 3.63) is 0 Å². The van der Waals surface area contributed by atoms with E-state index >= 15 is 0 Å². The summed E-state index contributed by atoms with van der Waals surface area (Å²) in [6.45, 7) is 8.28. The predicted molar refractivity (Wildman–Crippen MR) is 180 cm³/mol. The fourth-order valence-electron chi connectivity index (χ4n) is 5.98. The highest BCUT2D eigenvalue weighted by Crippen LogP contribution is 2.24. The molecule has 1 amide bonds. The first kappa shape index (κ1) is 41.4. The molecule has 5 nitrogen and oxygen atoms in total. The zero-order valence-electron chi connectivity index (χ0n) is 28.9. The van der Waals surface area contributed by atoms with E-state index in [0.29, 0.717) is 13.0 Å². The van der Waals surface area contributed by atoms with Gasteiger partial charge in [-0.25, -0.2) is 0 Å². The van der Waals surface area contributed by atoms with Gasteiger partial charge in [0.25, 0.3) is 5.91 Å². The van der Waals surface area contributed by atoms with Crippen molar-refractivity contribution in [2.24, 2.45) is 0 Å². The molecule has 0 aliphatic heterocycles. The number of aliphatic hydroxyl groups excluding tert-OH is 1. The van der Waals surface area contributed by atoms with Crippen molar-refractivity contribution in [2.45, 2.75) is 226 Å². The van der Waals surface area contributed by atoms with Crippen LogP contribution in [0.3, 0.4) is 0 Å². The molecule has 42 heavy (non-hydrogen) atoms. The van der Waals surface area contributed by atoms with Crippen LogP contribution >= 0.6 is 0 Å². The van der Waals surface area contributed by atoms with Crippen molar-refractivity contribution < 1.29 is 19.7 Å². The average Bonchev–Trinajstić information content (AvgIpc) is 2.97. The van der Waals surface area contributed by atoms with Gasteiger partial charge in [-0.3, -0.25) is 9.69 Å². The Labute approximate surface area is 263 Å². The van der Waals surface area contributed by atoms with Crippen molar-refractivity contribution >= 4 is 5.91 Å². The van der Waals surface area contributed by atoms with Crippen LogP contribution in [-0.2, 0) is 9.53 Å². The number of carbonyl (C=O) groups is 1. The normalized spacial score (nSPS) is 13.8. The zero-order valence-corrected chi connectivity index (χ0v) is 28.9. The molecule has 0 aromatic carbocycles. The molecule has 2 N–H and O–H groups in total. The Hall–Kier alpha value is -0.650. The second kappa shape index (κ2) is 30.4. The maximum atomic E-state index is 13.0. The van der Waals surface area contributed by atoms with Gasteiger partial charge in [-0.1, -0.05) is 181 Å². The molecule has 0 aliphatic rings. The third-order valence-corrected chi connectivity index (χ3v) is 8.80. The molecule has 0 bridgehead atoms. The number of hydrogen-bond acceptors (Lipinski definition) is 4. The minimum absolute atomic E-state index is 0.224. The number of hydrogen-bond donors (Lipinski definition) is 2. The highest BCUT2D eigenvalue weighted by atomic mass is 16.7. The van der Waals surface area contributed by atoms with E-state index in [1.165, 1.54) is 148 Å². The lowest BCUT2D eigenvalue weighted by Crippen LogP contribution is -2.57. The minimum atomic E-state index is -1.74. The Morgan fingerprint density at radius 1 is 0.571 bits per heavy atom. The van der Waals surface area contributed by atoms with E-state index < -0.39 is 12.1 Å². The lowest BCUT2D eigenvalue weighted by atomic mass is 10.0. The van der Waals surface area contributed by atoms with Crippen molar-refractivity contribution in [3.8, 4) is 0 Å². The zero-order chi connectivity index (χ0) is 31.2. The van der Waals surface area contributed by atoms with Gasteiger partial charge < -0.3 is 14.9 Å². The minimum Gasteiger partial charge on any atom is -0.374 e. The molecule has 2 atom stereocenters. The standard InChI is InChI=1S/C37H75NO4/c1-5-8-10-12-14-16-18-20-22-24-26-28-30-32-34-42-37(41,7-3)38(35(4)39)36(40)33-31-29-27-25-23-21-19-17-15-13-11-9-6-2/h35,39,41H,5-34H2,1-4H3. The lowest BCUT2D eigenvalue weighted by Gasteiger charge is -2.40. The predicted octanol–water partition coefficient (Wildman–Crippen LogP) is 11.2. The summed E-state index contributed by atoms with van der Waals surface area (Å²) in [4.78, 5) is 14.1. The molecule has 0 radical (unpaired) electrons. The van der Waals surface area contributed by atoms with Gasteiger partial charge in [-0.15, -0.1) is 0 Å². The average molecular weight is 598 g/mol. The smallest absolute Gasteiger partial charge is 0.253 e. The number of amides is 1. The summed E-state index contributed by atoms with van der Waals surface area (Å²) in [5.41, 5.74) is 0. The molecule has 2 unspecified atom stereocenters. The summed E-state index contributed by atoms with van der Waals surface area (Å²) in [6, 6.07) is 0. The van der Waals surface area contributed by atoms with Crippen LogP contribution in [0, 0.1) is 0 Å². The molecule has 0 rings (SSSR count). The molecule has 252 valence electrons. The number of aliphatic hydroxyl groups is 2. The van der Waals surface area contributed by atoms with Gasteiger partial charge in [0.1, 0.15) is 6.23 Å². The molecular weight excluding hydrogens is 522 g/mol. The van der Waals surface area contributed by atoms with E-state index in [0.717, 1.165) is 37.0 Å². The molecule has 0 aromatic rings. The van der Waals surface area contributed by atoms with E-state index in [1.54, 1.807) is 6.92 Å². The maximum Gasteiger partial charge on any atom is 0.253 e. The van der Waals surface area contributed by atoms with Crippen molar-refractivity contribution in [3.63, 3.8) is 0 Å². The van der Waals surface area contributed by atoms with Crippen LogP contribution in [0.2, 0.25) is 0 Å². The summed E-state index contributed by atoms with van der Waals surface area (Å²) in [5.74, 6) is -1.96. The van der Waals surface area contributed by atoms with Crippen molar-refractivity contribution in [2.75, 3.05) is 6.61 Å². The van der Waals surface area contributed by atoms with E-state index in [2.05, 4.69) is 13.8 Å². The van der Waals surface area contributed by atoms with Gasteiger partial charge in [-0.2, -0.15) is 0 Å². The fraction of sp³-hybridized carbons (Fsp3) is 0.973. The molecule has 0 saturated heterocycles. The molecule has 0 heterocycles. The first-order valence-electron chi connectivity index (χ1n) is 18.8. The fourth-order valence-corrected chi connectivity index (χ4v) is 5.98. The summed E-state index contributed by atoms with van der Waals surface area (Å²) in [6.07, 6.45) is 33.9. The SMILES string of the molecule is CCCCCCCCCCCCCCCCOC(O)(CC)N(C(=O)CCCCCCCCCCCCCCC)C(C)O. The Morgan fingerprint density at radius 3 is 1.19 bits per heavy atom. The molecule has 0 spiro atoms. The molecule has 0 aliphatic carbocycles. The van der Waals surface area contributed by atoms with Crippen LogP contribution in [0.15, 0.2) is 0 Å². The van der Waals surface area contributed by atoms with E-state index in [-0.39, 0.29) is 12.3 Å². The third-order valence-electron chi connectivity index (χ3n) is 8.80. The van der Waals surface area contributed by atoms with Gasteiger partial charge >= 0.3 is 0 Å². The summed E-state index contributed by atoms with van der Waals surface area (Å²) >= 11 is 0. The number of ether oxygens (including phenoxy) is 1. The van der Waals surface area contributed by atoms with Crippen LogP contribution in [-0.4, -0.2) is 39.8 Å². The lowest BCUT2D eigenvalue weighted by molar-refractivity contribution is -0.309. The molecule has 5 heteroatoms. The van der Waals surface area contributed by atoms with Gasteiger partial charge in [-0.05, 0) is 19.8 Å². The number of nitrogens with zero attached hydrogens (tertiary/aromatic N) is 1. The summed E-state index contributed by atoms with van der Waals surface area (Å²) in [5, 5.41) is 21.5. The Bertz CT molecular complexity index is 570. The van der Waals surface area contributed by atoms with E-state index in [9.17, 15) is 15.0 Å². The van der Waals surface area contributed by atoms with Gasteiger partial charge in [0.05, 0.1) is 6.61 Å². The Kier molecular flexibility index (Phi) is 29.9. The number of carbonyl (C=O) groups excluding carboxylic acids is 1. The summed E-state index contributed by atoms with van der Waals surface area (Å²) in [7, 11) is 0. The first-order chi connectivity index (χ1) is 20.4. The van der Waals surface area contributed by atoms with Crippen LogP contribution in [0.5, 0.6) is 0 Å². The maximum absolute atomic E-state index is 13.0. The topological polar surface area (TPSA) is 70.0 Å². The molecular formula is C37H75NO4. The Morgan fingerprint density at radius 2 is 0.881 bits per heavy atom. The van der Waals surface area contributed by atoms with Crippen LogP contribution < -0.4 is 0 Å². The third kappa shape index (κ3) is 23.8. The highest BCUT2D eigenvalue weighted by molar-refractivity contribution is 5.76. The highest BCUT2D eigenvalue weighted by Gasteiger charge is 2.39. The quantitative estimate of drug-likeness (QED) is 0.0583. The van der Waals surface area contributed by atoms with Crippen molar-refractivity contribution in [1.29, 1.82) is 0 Å². The summed E-state index contributed by atoms with van der Waals surface area (Å²) < 4.78 is 5.85. The van der Waals surface area contributed by atoms with Crippen molar-refractivity contribution in [1.82, 2.24) is 4.90 Å². The molecule has 0 saturated carbocycles. The van der Waals surface area contributed by atoms with Gasteiger partial charge in [0, 0.05) is 12.8 Å². The van der Waals surface area contributed by atoms with Crippen LogP contribution in [0.1, 0.15) is 214 Å². The monoisotopic (exact) mass is 598 g/mol. The molecule has 0 fully saturated rings. The van der Waals surface area contributed by atoms with Gasteiger partial charge in [0.15, 0.2) is 0 Å². The number of unbranched alkanes of at least 4 members (excludes halogenated alkanes) is 25.